The van der Waals surface area contributed by atoms with Gasteiger partial charge in [0, 0.05) is 19.3 Å². The largest absolute Gasteiger partial charge is 0.393 e. The van der Waals surface area contributed by atoms with Crippen molar-refractivity contribution in [2.75, 3.05) is 5.73 Å². The third-order valence-corrected chi connectivity index (χ3v) is 3.34. The van der Waals surface area contributed by atoms with E-state index in [0.717, 1.165) is 19.3 Å². The van der Waals surface area contributed by atoms with Gasteiger partial charge in [-0.15, -0.1) is 0 Å². The van der Waals surface area contributed by atoms with Gasteiger partial charge < -0.3 is 5.73 Å². The van der Waals surface area contributed by atoms with Crippen molar-refractivity contribution in [3.05, 3.63) is 27.0 Å². The lowest BCUT2D eigenvalue weighted by Crippen LogP contribution is -2.40. The van der Waals surface area contributed by atoms with Crippen molar-refractivity contribution in [2.45, 2.75) is 65.5 Å². The van der Waals surface area contributed by atoms with Gasteiger partial charge in [0.15, 0.2) is 0 Å². The quantitative estimate of drug-likeness (QED) is 0.732. The molecule has 108 valence electrons. The van der Waals surface area contributed by atoms with E-state index in [1.165, 1.54) is 34.6 Å². The zero-order valence-electron chi connectivity index (χ0n) is 12.0. The normalized spacial score (nSPS) is 10.8. The molecule has 0 aromatic carbocycles. The van der Waals surface area contributed by atoms with Crippen LogP contribution in [0.3, 0.4) is 0 Å². The molecule has 1 rings (SSSR count). The highest BCUT2D eigenvalue weighted by atomic mass is 16.2. The maximum atomic E-state index is 12.0. The predicted octanol–water partition coefficient (Wildman–Crippen LogP) is 1.97. The minimum absolute atomic E-state index is 0.146. The number of nitrogens with two attached hydrogens (primary N) is 1. The fraction of sp³-hybridized carbons (Fsp3) is 0.714. The van der Waals surface area contributed by atoms with Crippen LogP contribution in [-0.4, -0.2) is 9.13 Å². The zero-order chi connectivity index (χ0) is 14.3. The summed E-state index contributed by atoms with van der Waals surface area (Å²) in [6.45, 7) is 5.04. The standard InChI is InChI=1S/C14H25N3O2/c1-3-5-6-7-8-9-10-17-13(18)12(15)11-16(4-2)14(17)19/h11H,3-10,15H2,1-2H3. The topological polar surface area (TPSA) is 70.0 Å². The van der Waals surface area contributed by atoms with Crippen molar-refractivity contribution in [3.63, 3.8) is 0 Å². The number of hydrogen-bond acceptors (Lipinski definition) is 3. The number of aromatic nitrogens is 2. The number of anilines is 1. The summed E-state index contributed by atoms with van der Waals surface area (Å²) in [6.07, 6.45) is 8.19. The van der Waals surface area contributed by atoms with Gasteiger partial charge in [0.05, 0.1) is 0 Å². The van der Waals surface area contributed by atoms with E-state index in [1.807, 2.05) is 6.92 Å². The summed E-state index contributed by atoms with van der Waals surface area (Å²) in [7, 11) is 0. The van der Waals surface area contributed by atoms with E-state index in [9.17, 15) is 9.59 Å². The van der Waals surface area contributed by atoms with Crippen molar-refractivity contribution < 1.29 is 0 Å². The minimum Gasteiger partial charge on any atom is -0.393 e. The van der Waals surface area contributed by atoms with Crippen molar-refractivity contribution in [3.8, 4) is 0 Å². The van der Waals surface area contributed by atoms with Gasteiger partial charge in [-0.25, -0.2) is 4.79 Å². The molecule has 0 atom stereocenters. The second kappa shape index (κ2) is 7.81. The molecule has 1 aromatic heterocycles. The maximum Gasteiger partial charge on any atom is 0.331 e. The molecule has 19 heavy (non-hydrogen) atoms. The Morgan fingerprint density at radius 3 is 2.32 bits per heavy atom. The summed E-state index contributed by atoms with van der Waals surface area (Å²) in [5.74, 6) is 0. The molecule has 0 fully saturated rings. The van der Waals surface area contributed by atoms with Crippen molar-refractivity contribution >= 4 is 5.69 Å². The third-order valence-electron chi connectivity index (χ3n) is 3.34. The Labute approximate surface area is 114 Å². The molecule has 2 N–H and O–H groups in total. The number of aryl methyl sites for hydroxylation is 1. The Hall–Kier alpha value is -1.52. The average Bonchev–Trinajstić information content (AvgIpc) is 2.41. The monoisotopic (exact) mass is 267 g/mol. The van der Waals surface area contributed by atoms with Crippen LogP contribution in [0.25, 0.3) is 0 Å². The highest BCUT2D eigenvalue weighted by molar-refractivity contribution is 5.30. The van der Waals surface area contributed by atoms with E-state index in [0.29, 0.717) is 13.1 Å². The molecule has 0 aliphatic rings. The van der Waals surface area contributed by atoms with Gasteiger partial charge in [-0.2, -0.15) is 0 Å². The molecule has 0 unspecified atom stereocenters. The van der Waals surface area contributed by atoms with E-state index < -0.39 is 0 Å². The van der Waals surface area contributed by atoms with Crippen LogP contribution >= 0.6 is 0 Å². The Morgan fingerprint density at radius 2 is 1.68 bits per heavy atom. The number of nitrogen functional groups attached to an aromatic ring is 1. The molecule has 5 heteroatoms. The van der Waals surface area contributed by atoms with E-state index in [-0.39, 0.29) is 16.9 Å². The maximum absolute atomic E-state index is 12.0. The number of nitrogens with zero attached hydrogens (tertiary/aromatic N) is 2. The summed E-state index contributed by atoms with van der Waals surface area (Å²) in [5.41, 5.74) is 5.18. The van der Waals surface area contributed by atoms with Crippen LogP contribution in [0.5, 0.6) is 0 Å². The predicted molar refractivity (Wildman–Crippen MR) is 78.4 cm³/mol. The zero-order valence-corrected chi connectivity index (χ0v) is 12.0. The number of unbranched alkanes of at least 4 members (excludes halogenated alkanes) is 5. The van der Waals surface area contributed by atoms with E-state index >= 15 is 0 Å². The second-order valence-electron chi connectivity index (χ2n) is 4.88. The van der Waals surface area contributed by atoms with E-state index in [1.54, 1.807) is 0 Å². The number of rotatable bonds is 8. The summed E-state index contributed by atoms with van der Waals surface area (Å²) in [4.78, 5) is 23.9. The molecule has 0 amide bonds. The van der Waals surface area contributed by atoms with Crippen LogP contribution in [0.2, 0.25) is 0 Å². The van der Waals surface area contributed by atoms with Crippen LogP contribution in [0, 0.1) is 0 Å². The first-order valence-electron chi connectivity index (χ1n) is 7.21. The summed E-state index contributed by atoms with van der Waals surface area (Å²) >= 11 is 0. The molecule has 0 bridgehead atoms. The SMILES string of the molecule is CCCCCCCCn1c(=O)c(N)cn(CC)c1=O. The first-order valence-corrected chi connectivity index (χ1v) is 7.21. The molecule has 0 radical (unpaired) electrons. The second-order valence-corrected chi connectivity index (χ2v) is 4.88. The Kier molecular flexibility index (Phi) is 6.39. The Morgan fingerprint density at radius 1 is 1.05 bits per heavy atom. The number of hydrogen-bond donors (Lipinski definition) is 1. The summed E-state index contributed by atoms with van der Waals surface area (Å²) in [5, 5.41) is 0. The average molecular weight is 267 g/mol. The van der Waals surface area contributed by atoms with Gasteiger partial charge in [-0.05, 0) is 13.3 Å². The fourth-order valence-electron chi connectivity index (χ4n) is 2.15. The van der Waals surface area contributed by atoms with Crippen molar-refractivity contribution in [1.29, 1.82) is 0 Å². The molecule has 0 aliphatic heterocycles. The molecule has 0 saturated carbocycles. The summed E-state index contributed by atoms with van der Waals surface area (Å²) < 4.78 is 2.74. The van der Waals surface area contributed by atoms with E-state index in [4.69, 9.17) is 5.73 Å². The molecule has 1 heterocycles. The lowest BCUT2D eigenvalue weighted by atomic mass is 10.1. The fourth-order valence-corrected chi connectivity index (χ4v) is 2.15. The van der Waals surface area contributed by atoms with Crippen LogP contribution in [-0.2, 0) is 13.1 Å². The van der Waals surface area contributed by atoms with Gasteiger partial charge in [0.25, 0.3) is 5.56 Å². The van der Waals surface area contributed by atoms with Crippen LogP contribution in [0.15, 0.2) is 15.8 Å². The highest BCUT2D eigenvalue weighted by Crippen LogP contribution is 2.05. The molecule has 1 aromatic rings. The Balaban J connectivity index is 2.65. The highest BCUT2D eigenvalue weighted by Gasteiger charge is 2.07. The Bertz CT molecular complexity index is 502. The molecule has 0 saturated heterocycles. The smallest absolute Gasteiger partial charge is 0.331 e. The van der Waals surface area contributed by atoms with Crippen molar-refractivity contribution in [2.24, 2.45) is 0 Å². The molecule has 0 spiro atoms. The van der Waals surface area contributed by atoms with Crippen LogP contribution in [0.4, 0.5) is 5.69 Å². The molecular formula is C14H25N3O2. The summed E-state index contributed by atoms with van der Waals surface area (Å²) in [6, 6.07) is 0. The minimum atomic E-state index is -0.358. The lowest BCUT2D eigenvalue weighted by molar-refractivity contribution is 0.514. The first kappa shape index (κ1) is 15.5. The van der Waals surface area contributed by atoms with E-state index in [2.05, 4.69) is 6.92 Å². The van der Waals surface area contributed by atoms with Gasteiger partial charge in [0.1, 0.15) is 5.69 Å². The van der Waals surface area contributed by atoms with Crippen LogP contribution in [0.1, 0.15) is 52.4 Å². The third kappa shape index (κ3) is 4.26. The lowest BCUT2D eigenvalue weighted by Gasteiger charge is -2.09. The van der Waals surface area contributed by atoms with Gasteiger partial charge in [0.2, 0.25) is 0 Å². The van der Waals surface area contributed by atoms with Crippen molar-refractivity contribution in [1.82, 2.24) is 9.13 Å². The molecule has 5 nitrogen and oxygen atoms in total. The van der Waals surface area contributed by atoms with Gasteiger partial charge >= 0.3 is 5.69 Å². The van der Waals surface area contributed by atoms with Crippen LogP contribution < -0.4 is 17.0 Å². The molecular weight excluding hydrogens is 242 g/mol. The molecule has 0 aliphatic carbocycles. The van der Waals surface area contributed by atoms with Gasteiger partial charge in [-0.1, -0.05) is 39.0 Å². The first-order chi connectivity index (χ1) is 9.11. The van der Waals surface area contributed by atoms with Gasteiger partial charge in [-0.3, -0.25) is 13.9 Å².